The third kappa shape index (κ3) is 5.49. The van der Waals surface area contributed by atoms with E-state index >= 15 is 0 Å². The van der Waals surface area contributed by atoms with E-state index in [1.807, 2.05) is 6.92 Å². The fourth-order valence-corrected chi connectivity index (χ4v) is 2.63. The summed E-state index contributed by atoms with van der Waals surface area (Å²) in [7, 11) is 0. The van der Waals surface area contributed by atoms with Gasteiger partial charge in [-0.1, -0.05) is 13.8 Å². The van der Waals surface area contributed by atoms with Crippen LogP contribution in [0.4, 0.5) is 0 Å². The minimum absolute atomic E-state index is 0.232. The molecule has 1 amide bonds. The maximum Gasteiger partial charge on any atom is 0.237 e. The lowest BCUT2D eigenvalue weighted by Gasteiger charge is -2.30. The summed E-state index contributed by atoms with van der Waals surface area (Å²) < 4.78 is 0. The number of likely N-dealkylation sites (tertiary alicyclic amines) is 1. The van der Waals surface area contributed by atoms with Crippen LogP contribution in [0.3, 0.4) is 0 Å². The van der Waals surface area contributed by atoms with E-state index in [2.05, 4.69) is 24.1 Å². The van der Waals surface area contributed by atoms with Crippen molar-refractivity contribution in [2.24, 2.45) is 11.7 Å². The topological polar surface area (TPSA) is 58.4 Å². The Bertz CT molecular complexity index is 283. The van der Waals surface area contributed by atoms with Gasteiger partial charge >= 0.3 is 0 Å². The second kappa shape index (κ2) is 7.85. The van der Waals surface area contributed by atoms with E-state index in [1.165, 1.54) is 19.3 Å². The van der Waals surface area contributed by atoms with Gasteiger partial charge in [0, 0.05) is 6.54 Å². The number of primary amides is 1. The second-order valence-electron chi connectivity index (χ2n) is 6.25. The molecule has 2 atom stereocenters. The van der Waals surface area contributed by atoms with Crippen molar-refractivity contribution in [2.75, 3.05) is 26.2 Å². The van der Waals surface area contributed by atoms with Gasteiger partial charge in [0.25, 0.3) is 0 Å². The molecular formula is C15H31N3O. The van der Waals surface area contributed by atoms with Gasteiger partial charge in [-0.2, -0.15) is 0 Å². The first-order chi connectivity index (χ1) is 8.98. The normalized spacial score (nSPS) is 24.7. The third-order valence-electron chi connectivity index (χ3n) is 4.35. The zero-order valence-electron chi connectivity index (χ0n) is 12.9. The summed E-state index contributed by atoms with van der Waals surface area (Å²) in [6.45, 7) is 10.5. The van der Waals surface area contributed by atoms with Gasteiger partial charge in [-0.05, 0) is 64.6 Å². The molecule has 1 aliphatic rings. The van der Waals surface area contributed by atoms with Crippen molar-refractivity contribution >= 4 is 5.91 Å². The van der Waals surface area contributed by atoms with E-state index in [0.29, 0.717) is 0 Å². The molecule has 1 fully saturated rings. The molecule has 2 unspecified atom stereocenters. The summed E-state index contributed by atoms with van der Waals surface area (Å²) in [5.74, 6) is 0.606. The average Bonchev–Trinajstić information content (AvgIpc) is 2.58. The van der Waals surface area contributed by atoms with E-state index in [-0.39, 0.29) is 5.91 Å². The molecule has 0 aromatic heterocycles. The molecule has 0 bridgehead atoms. The Morgan fingerprint density at radius 2 is 2.16 bits per heavy atom. The number of nitrogens with one attached hydrogen (secondary N) is 1. The minimum Gasteiger partial charge on any atom is -0.368 e. The zero-order valence-corrected chi connectivity index (χ0v) is 12.9. The molecular weight excluding hydrogens is 238 g/mol. The maximum absolute atomic E-state index is 11.7. The van der Waals surface area contributed by atoms with Gasteiger partial charge in [0.15, 0.2) is 0 Å². The molecule has 0 aromatic carbocycles. The second-order valence-corrected chi connectivity index (χ2v) is 6.25. The SMILES string of the molecule is CCCNC(C)(CCN1CCCC(C)CC1)C(N)=O. The predicted octanol–water partition coefficient (Wildman–Crippen LogP) is 1.74. The lowest BCUT2D eigenvalue weighted by molar-refractivity contribution is -0.124. The van der Waals surface area contributed by atoms with Crippen molar-refractivity contribution in [1.82, 2.24) is 10.2 Å². The number of nitrogens with zero attached hydrogens (tertiary/aromatic N) is 1. The van der Waals surface area contributed by atoms with Gasteiger partial charge in [-0.3, -0.25) is 4.79 Å². The Hall–Kier alpha value is -0.610. The summed E-state index contributed by atoms with van der Waals surface area (Å²) >= 11 is 0. The number of carbonyl (C=O) groups is 1. The van der Waals surface area contributed by atoms with Crippen LogP contribution in [0.25, 0.3) is 0 Å². The smallest absolute Gasteiger partial charge is 0.237 e. The molecule has 1 heterocycles. The predicted molar refractivity (Wildman–Crippen MR) is 80.0 cm³/mol. The van der Waals surface area contributed by atoms with Gasteiger partial charge in [0.1, 0.15) is 0 Å². The Kier molecular flexibility index (Phi) is 6.80. The van der Waals surface area contributed by atoms with Crippen LogP contribution in [-0.4, -0.2) is 42.5 Å². The standard InChI is InChI=1S/C15H31N3O/c1-4-9-17-15(3,14(16)19)8-12-18-10-5-6-13(2)7-11-18/h13,17H,4-12H2,1-3H3,(H2,16,19). The van der Waals surface area contributed by atoms with Crippen LogP contribution in [0, 0.1) is 5.92 Å². The maximum atomic E-state index is 11.7. The van der Waals surface area contributed by atoms with E-state index in [9.17, 15) is 4.79 Å². The van der Waals surface area contributed by atoms with Crippen LogP contribution in [0.2, 0.25) is 0 Å². The lowest BCUT2D eigenvalue weighted by atomic mass is 9.96. The number of amides is 1. The molecule has 4 heteroatoms. The molecule has 0 aliphatic carbocycles. The largest absolute Gasteiger partial charge is 0.368 e. The van der Waals surface area contributed by atoms with Crippen molar-refractivity contribution in [1.29, 1.82) is 0 Å². The molecule has 1 aliphatic heterocycles. The Labute approximate surface area is 118 Å². The molecule has 1 rings (SSSR count). The molecule has 112 valence electrons. The number of carbonyl (C=O) groups excluding carboxylic acids is 1. The first kappa shape index (κ1) is 16.4. The first-order valence-corrected chi connectivity index (χ1v) is 7.75. The van der Waals surface area contributed by atoms with Crippen molar-refractivity contribution in [3.05, 3.63) is 0 Å². The average molecular weight is 269 g/mol. The van der Waals surface area contributed by atoms with Crippen LogP contribution in [0.15, 0.2) is 0 Å². The summed E-state index contributed by atoms with van der Waals surface area (Å²) in [6, 6.07) is 0. The summed E-state index contributed by atoms with van der Waals surface area (Å²) in [6.07, 6.45) is 5.70. The molecule has 0 radical (unpaired) electrons. The lowest BCUT2D eigenvalue weighted by Crippen LogP contribution is -2.54. The monoisotopic (exact) mass is 269 g/mol. The van der Waals surface area contributed by atoms with Gasteiger partial charge in [0.05, 0.1) is 5.54 Å². The van der Waals surface area contributed by atoms with Crippen LogP contribution in [0.1, 0.15) is 52.9 Å². The van der Waals surface area contributed by atoms with Crippen LogP contribution < -0.4 is 11.1 Å². The fourth-order valence-electron chi connectivity index (χ4n) is 2.63. The van der Waals surface area contributed by atoms with E-state index < -0.39 is 5.54 Å². The highest BCUT2D eigenvalue weighted by Gasteiger charge is 2.30. The van der Waals surface area contributed by atoms with E-state index in [1.54, 1.807) is 0 Å². The fraction of sp³-hybridized carbons (Fsp3) is 0.933. The van der Waals surface area contributed by atoms with Crippen molar-refractivity contribution in [3.8, 4) is 0 Å². The number of nitrogens with two attached hydrogens (primary N) is 1. The summed E-state index contributed by atoms with van der Waals surface area (Å²) in [5, 5.41) is 3.31. The van der Waals surface area contributed by atoms with Gasteiger partial charge in [-0.25, -0.2) is 0 Å². The van der Waals surface area contributed by atoms with Gasteiger partial charge < -0.3 is 16.0 Å². The Morgan fingerprint density at radius 3 is 2.79 bits per heavy atom. The molecule has 4 nitrogen and oxygen atoms in total. The third-order valence-corrected chi connectivity index (χ3v) is 4.35. The Balaban J connectivity index is 2.44. The highest BCUT2D eigenvalue weighted by atomic mass is 16.1. The zero-order chi connectivity index (χ0) is 14.3. The molecule has 0 spiro atoms. The van der Waals surface area contributed by atoms with E-state index in [4.69, 9.17) is 5.73 Å². The number of hydrogen-bond acceptors (Lipinski definition) is 3. The van der Waals surface area contributed by atoms with Crippen LogP contribution >= 0.6 is 0 Å². The Morgan fingerprint density at radius 1 is 1.42 bits per heavy atom. The van der Waals surface area contributed by atoms with E-state index in [0.717, 1.165) is 44.9 Å². The van der Waals surface area contributed by atoms with Crippen molar-refractivity contribution in [2.45, 2.75) is 58.4 Å². The molecule has 19 heavy (non-hydrogen) atoms. The molecule has 1 saturated heterocycles. The highest BCUT2D eigenvalue weighted by molar-refractivity contribution is 5.84. The van der Waals surface area contributed by atoms with Gasteiger partial charge in [-0.15, -0.1) is 0 Å². The van der Waals surface area contributed by atoms with Gasteiger partial charge in [0.2, 0.25) is 5.91 Å². The van der Waals surface area contributed by atoms with Crippen molar-refractivity contribution < 1.29 is 4.79 Å². The number of rotatable bonds is 7. The molecule has 0 saturated carbocycles. The van der Waals surface area contributed by atoms with Crippen LogP contribution in [0.5, 0.6) is 0 Å². The van der Waals surface area contributed by atoms with Crippen LogP contribution in [-0.2, 0) is 4.79 Å². The quantitative estimate of drug-likeness (QED) is 0.740. The minimum atomic E-state index is -0.562. The summed E-state index contributed by atoms with van der Waals surface area (Å²) in [5.41, 5.74) is 5.00. The first-order valence-electron chi connectivity index (χ1n) is 7.75. The highest BCUT2D eigenvalue weighted by Crippen LogP contribution is 2.18. The summed E-state index contributed by atoms with van der Waals surface area (Å²) in [4.78, 5) is 14.1. The number of hydrogen-bond donors (Lipinski definition) is 2. The molecule has 0 aromatic rings. The van der Waals surface area contributed by atoms with Crippen molar-refractivity contribution in [3.63, 3.8) is 0 Å². The molecule has 3 N–H and O–H groups in total.